The number of thiophene rings is 1. The zero-order chi connectivity index (χ0) is 24.7. The van der Waals surface area contributed by atoms with Crippen molar-refractivity contribution in [1.29, 1.82) is 0 Å². The van der Waals surface area contributed by atoms with E-state index in [-0.39, 0.29) is 17.8 Å². The van der Waals surface area contributed by atoms with E-state index in [0.29, 0.717) is 56.6 Å². The van der Waals surface area contributed by atoms with Gasteiger partial charge < -0.3 is 20.3 Å². The third-order valence-corrected chi connectivity index (χ3v) is 7.08. The average molecular weight is 490 g/mol. The second-order valence-corrected chi connectivity index (χ2v) is 9.18. The fourth-order valence-electron chi connectivity index (χ4n) is 4.33. The molecule has 0 spiro atoms. The lowest BCUT2D eigenvalue weighted by Crippen LogP contribution is -2.35. The first-order valence-electron chi connectivity index (χ1n) is 11.0. The number of aromatic nitrogens is 1. The molecule has 2 aliphatic heterocycles. The molecule has 3 aromatic rings. The minimum absolute atomic E-state index is 0.219. The number of methoxy groups -OCH3 is 1. The molecule has 0 bridgehead atoms. The van der Waals surface area contributed by atoms with E-state index in [1.54, 1.807) is 36.5 Å². The minimum Gasteiger partial charge on any atom is -0.497 e. The van der Waals surface area contributed by atoms with E-state index in [1.807, 2.05) is 19.1 Å². The van der Waals surface area contributed by atoms with Crippen LogP contribution in [-0.4, -0.2) is 41.4 Å². The molecule has 4 heterocycles. The van der Waals surface area contributed by atoms with Crippen LogP contribution < -0.4 is 20.3 Å². The second kappa shape index (κ2) is 8.88. The van der Waals surface area contributed by atoms with E-state index < -0.39 is 0 Å². The molecule has 1 aromatic carbocycles. The topological polar surface area (TPSA) is 104 Å². The standard InChI is InChI=1S/C25H23N5O4S/c1-4-19(31)29-11-5-6-15(13-29)27-23(32)22-21-20-18(9-10-26-24(20)35-22)30(25(33)28-21)17-8-7-16(34-3)12-14(17)2/h4,7-10,12-13H,1,5-6,11H2,2-3H3,(H,27,32)(H,28,33). The van der Waals surface area contributed by atoms with Gasteiger partial charge in [-0.15, -0.1) is 11.3 Å². The van der Waals surface area contributed by atoms with E-state index in [2.05, 4.69) is 22.2 Å². The van der Waals surface area contributed by atoms with Crippen LogP contribution in [0, 0.1) is 6.92 Å². The third kappa shape index (κ3) is 3.91. The number of hydrogen-bond donors (Lipinski definition) is 2. The number of amides is 4. The number of ether oxygens (including phenoxy) is 1. The van der Waals surface area contributed by atoms with Crippen LogP contribution in [0.4, 0.5) is 21.9 Å². The average Bonchev–Trinajstić information content (AvgIpc) is 3.24. The third-order valence-electron chi connectivity index (χ3n) is 5.99. The monoisotopic (exact) mass is 489 g/mol. The number of benzene rings is 1. The Morgan fingerprint density at radius 3 is 2.86 bits per heavy atom. The largest absolute Gasteiger partial charge is 0.497 e. The summed E-state index contributed by atoms with van der Waals surface area (Å²) in [6.07, 6.45) is 5.88. The summed E-state index contributed by atoms with van der Waals surface area (Å²) in [5.74, 6) is 0.120. The SMILES string of the molecule is C=CC(=O)N1C=C(NC(=O)c2sc3nccc4c3c2NC(=O)N4c2ccc(OC)cc2C)CCC1. The van der Waals surface area contributed by atoms with Crippen molar-refractivity contribution < 1.29 is 19.1 Å². The molecule has 4 amide bonds. The number of allylic oxidation sites excluding steroid dienone is 1. The fraction of sp³-hybridized carbons (Fsp3) is 0.200. The van der Waals surface area contributed by atoms with Crippen molar-refractivity contribution in [3.63, 3.8) is 0 Å². The maximum atomic E-state index is 13.3. The summed E-state index contributed by atoms with van der Waals surface area (Å²) in [4.78, 5) is 47.1. The Morgan fingerprint density at radius 2 is 2.11 bits per heavy atom. The van der Waals surface area contributed by atoms with Crippen LogP contribution in [0.3, 0.4) is 0 Å². The second-order valence-electron chi connectivity index (χ2n) is 8.18. The molecule has 0 saturated carbocycles. The van der Waals surface area contributed by atoms with Gasteiger partial charge in [0.05, 0.1) is 29.6 Å². The lowest BCUT2D eigenvalue weighted by Gasteiger charge is -2.29. The van der Waals surface area contributed by atoms with Gasteiger partial charge in [-0.05, 0) is 55.7 Å². The van der Waals surface area contributed by atoms with Crippen LogP contribution in [-0.2, 0) is 4.79 Å². The van der Waals surface area contributed by atoms with Gasteiger partial charge in [-0.1, -0.05) is 6.58 Å². The molecule has 0 atom stereocenters. The van der Waals surface area contributed by atoms with E-state index in [0.717, 1.165) is 12.0 Å². The summed E-state index contributed by atoms with van der Waals surface area (Å²) < 4.78 is 5.29. The predicted molar refractivity (Wildman–Crippen MR) is 135 cm³/mol. The summed E-state index contributed by atoms with van der Waals surface area (Å²) in [6.45, 7) is 5.99. The summed E-state index contributed by atoms with van der Waals surface area (Å²) in [6, 6.07) is 6.89. The van der Waals surface area contributed by atoms with Crippen molar-refractivity contribution in [3.05, 3.63) is 65.5 Å². The number of aryl methyl sites for hydroxylation is 1. The van der Waals surface area contributed by atoms with Gasteiger partial charge >= 0.3 is 6.03 Å². The first-order valence-corrected chi connectivity index (χ1v) is 11.8. The smallest absolute Gasteiger partial charge is 0.331 e. The molecule has 35 heavy (non-hydrogen) atoms. The summed E-state index contributed by atoms with van der Waals surface area (Å²) >= 11 is 1.21. The highest BCUT2D eigenvalue weighted by atomic mass is 32.1. The van der Waals surface area contributed by atoms with E-state index in [1.165, 1.54) is 22.3 Å². The van der Waals surface area contributed by atoms with Gasteiger partial charge in [0, 0.05) is 24.6 Å². The van der Waals surface area contributed by atoms with Gasteiger partial charge in [-0.2, -0.15) is 0 Å². The highest BCUT2D eigenvalue weighted by Gasteiger charge is 2.33. The lowest BCUT2D eigenvalue weighted by atomic mass is 10.1. The highest BCUT2D eigenvalue weighted by molar-refractivity contribution is 7.21. The van der Waals surface area contributed by atoms with Crippen LogP contribution in [0.2, 0.25) is 0 Å². The minimum atomic E-state index is -0.370. The van der Waals surface area contributed by atoms with Crippen molar-refractivity contribution in [3.8, 4) is 5.75 Å². The number of anilines is 3. The summed E-state index contributed by atoms with van der Waals surface area (Å²) in [5, 5.41) is 6.51. The first-order chi connectivity index (χ1) is 16.9. The molecule has 0 fully saturated rings. The quantitative estimate of drug-likeness (QED) is 0.507. The van der Waals surface area contributed by atoms with E-state index in [4.69, 9.17) is 4.74 Å². The Hall–Kier alpha value is -4.18. The van der Waals surface area contributed by atoms with Crippen LogP contribution in [0.25, 0.3) is 10.2 Å². The van der Waals surface area contributed by atoms with E-state index in [9.17, 15) is 14.4 Å². The van der Waals surface area contributed by atoms with Crippen molar-refractivity contribution in [2.75, 3.05) is 23.9 Å². The number of carbonyl (C=O) groups is 3. The Labute approximate surface area is 205 Å². The molecule has 0 unspecified atom stereocenters. The molecule has 0 aliphatic carbocycles. The van der Waals surface area contributed by atoms with E-state index >= 15 is 0 Å². The first kappa shape index (κ1) is 22.6. The molecule has 9 nitrogen and oxygen atoms in total. The van der Waals surface area contributed by atoms with Gasteiger partial charge in [0.2, 0.25) is 5.91 Å². The Balaban J connectivity index is 1.52. The van der Waals surface area contributed by atoms with Gasteiger partial charge in [-0.25, -0.2) is 9.78 Å². The van der Waals surface area contributed by atoms with Crippen LogP contribution in [0.1, 0.15) is 28.1 Å². The highest BCUT2D eigenvalue weighted by Crippen LogP contribution is 2.46. The van der Waals surface area contributed by atoms with Crippen LogP contribution >= 0.6 is 11.3 Å². The van der Waals surface area contributed by atoms with Crippen molar-refractivity contribution in [1.82, 2.24) is 15.2 Å². The van der Waals surface area contributed by atoms with Crippen LogP contribution in [0.5, 0.6) is 5.75 Å². The number of carbonyl (C=O) groups excluding carboxylic acids is 3. The molecular weight excluding hydrogens is 466 g/mol. The Kier molecular flexibility index (Phi) is 5.73. The zero-order valence-corrected chi connectivity index (χ0v) is 20.1. The van der Waals surface area contributed by atoms with Gasteiger partial charge in [0.15, 0.2) is 0 Å². The van der Waals surface area contributed by atoms with Gasteiger partial charge in [0.25, 0.3) is 5.91 Å². The summed E-state index contributed by atoms with van der Waals surface area (Å²) in [5.41, 5.74) is 3.29. The van der Waals surface area contributed by atoms with Crippen LogP contribution in [0.15, 0.2) is 55.0 Å². The molecule has 5 rings (SSSR count). The molecule has 0 saturated heterocycles. The maximum absolute atomic E-state index is 13.3. The van der Waals surface area contributed by atoms with Gasteiger partial charge in [-0.3, -0.25) is 14.5 Å². The molecule has 2 N–H and O–H groups in total. The molecule has 0 radical (unpaired) electrons. The summed E-state index contributed by atoms with van der Waals surface area (Å²) in [7, 11) is 1.59. The molecule has 178 valence electrons. The van der Waals surface area contributed by atoms with Crippen molar-refractivity contribution >= 4 is 56.5 Å². The molecule has 10 heteroatoms. The van der Waals surface area contributed by atoms with Gasteiger partial charge in [0.1, 0.15) is 15.5 Å². The number of nitrogens with zero attached hydrogens (tertiary/aromatic N) is 3. The Morgan fingerprint density at radius 1 is 1.29 bits per heavy atom. The number of rotatable bonds is 5. The van der Waals surface area contributed by atoms with Crippen molar-refractivity contribution in [2.24, 2.45) is 0 Å². The molecular formula is C25H23N5O4S. The maximum Gasteiger partial charge on any atom is 0.331 e. The molecule has 2 aromatic heterocycles. The number of nitrogens with one attached hydrogen (secondary N) is 2. The Bertz CT molecular complexity index is 1430. The number of urea groups is 1. The number of hydrogen-bond acceptors (Lipinski definition) is 6. The predicted octanol–water partition coefficient (Wildman–Crippen LogP) is 4.68. The van der Waals surface area contributed by atoms with Crippen molar-refractivity contribution in [2.45, 2.75) is 19.8 Å². The fourth-order valence-corrected chi connectivity index (χ4v) is 5.35. The molecule has 2 aliphatic rings. The number of pyridine rings is 1. The normalized spacial score (nSPS) is 14.9. The zero-order valence-electron chi connectivity index (χ0n) is 19.3. The lowest BCUT2D eigenvalue weighted by molar-refractivity contribution is -0.123.